The average molecular weight is 144 g/mol. The zero-order chi connectivity index (χ0) is 7.56. The molecule has 0 bridgehead atoms. The summed E-state index contributed by atoms with van der Waals surface area (Å²) in [4.78, 5) is 14.2. The van der Waals surface area contributed by atoms with E-state index < -0.39 is 0 Å². The zero-order valence-electron chi connectivity index (χ0n) is 5.79. The molecule has 1 aliphatic heterocycles. The van der Waals surface area contributed by atoms with Gasteiger partial charge in [0.15, 0.2) is 0 Å². The molecular weight excluding hydrogens is 132 g/mol. The molecule has 5 nitrogen and oxygen atoms in total. The van der Waals surface area contributed by atoms with Crippen LogP contribution in [-0.4, -0.2) is 42.3 Å². The number of amides is 2. The van der Waals surface area contributed by atoms with Crippen LogP contribution in [0.25, 0.3) is 0 Å². The van der Waals surface area contributed by atoms with Crippen LogP contribution in [0.3, 0.4) is 0 Å². The van der Waals surface area contributed by atoms with Crippen LogP contribution in [-0.2, 0) is 0 Å². The van der Waals surface area contributed by atoms with E-state index in [1.165, 1.54) is 0 Å². The lowest BCUT2D eigenvalue weighted by Gasteiger charge is -2.14. The van der Waals surface area contributed by atoms with Crippen molar-refractivity contribution in [3.8, 4) is 0 Å². The van der Waals surface area contributed by atoms with Crippen LogP contribution in [0.2, 0.25) is 0 Å². The molecule has 0 aromatic heterocycles. The number of nitrogens with zero attached hydrogens (tertiary/aromatic N) is 2. The van der Waals surface area contributed by atoms with Crippen LogP contribution in [0, 0.1) is 0 Å². The number of rotatable bonds is 2. The van der Waals surface area contributed by atoms with Gasteiger partial charge in [-0.25, -0.2) is 4.79 Å². The van der Waals surface area contributed by atoms with Gasteiger partial charge in [0.25, 0.3) is 0 Å². The molecule has 2 amide bonds. The lowest BCUT2D eigenvalue weighted by Crippen LogP contribution is -2.37. The van der Waals surface area contributed by atoms with E-state index in [4.69, 9.17) is 11.5 Å². The molecule has 4 N–H and O–H groups in total. The van der Waals surface area contributed by atoms with Gasteiger partial charge in [0.1, 0.15) is 0 Å². The molecule has 5 heteroatoms. The van der Waals surface area contributed by atoms with E-state index in [2.05, 4.69) is 0 Å². The maximum atomic E-state index is 11.1. The van der Waals surface area contributed by atoms with Crippen LogP contribution in [0.1, 0.15) is 0 Å². The van der Waals surface area contributed by atoms with Crippen LogP contribution < -0.4 is 11.5 Å². The number of hydrogen-bond donors (Lipinski definition) is 2. The molecule has 0 spiro atoms. The Labute approximate surface area is 59.6 Å². The van der Waals surface area contributed by atoms with E-state index in [9.17, 15) is 4.79 Å². The molecule has 58 valence electrons. The normalized spacial score (nSPS) is 18.8. The Kier molecular flexibility index (Phi) is 2.08. The third-order valence-electron chi connectivity index (χ3n) is 1.62. The molecule has 1 fully saturated rings. The summed E-state index contributed by atoms with van der Waals surface area (Å²) >= 11 is 0. The third kappa shape index (κ3) is 1.05. The number of urea groups is 1. The summed E-state index contributed by atoms with van der Waals surface area (Å²) in [6.07, 6.45) is 0. The van der Waals surface area contributed by atoms with Crippen molar-refractivity contribution in [3.05, 3.63) is 0 Å². The van der Waals surface area contributed by atoms with Crippen molar-refractivity contribution >= 4 is 6.03 Å². The number of nitrogens with two attached hydrogens (primary N) is 2. The Hall–Kier alpha value is -0.810. The minimum atomic E-state index is -0.0509. The predicted octanol–water partition coefficient (Wildman–Crippen LogP) is -1.44. The first-order valence-electron chi connectivity index (χ1n) is 3.23. The van der Waals surface area contributed by atoms with E-state index in [0.29, 0.717) is 13.1 Å². The summed E-state index contributed by atoms with van der Waals surface area (Å²) in [7, 11) is 0. The second kappa shape index (κ2) is 2.85. The molecule has 1 rings (SSSR count). The molecule has 0 aliphatic carbocycles. The van der Waals surface area contributed by atoms with Crippen LogP contribution in [0.5, 0.6) is 0 Å². The molecule has 1 aliphatic rings. The fraction of sp³-hybridized carbons (Fsp3) is 0.800. The molecule has 0 atom stereocenters. The molecule has 1 heterocycles. The summed E-state index contributed by atoms with van der Waals surface area (Å²) in [6.45, 7) is 1.98. The predicted molar refractivity (Wildman–Crippen MR) is 36.9 cm³/mol. The van der Waals surface area contributed by atoms with Crippen molar-refractivity contribution in [3.63, 3.8) is 0 Å². The molecule has 0 aromatic rings. The van der Waals surface area contributed by atoms with E-state index >= 15 is 0 Å². The highest BCUT2D eigenvalue weighted by atomic mass is 16.2. The largest absolute Gasteiger partial charge is 0.322 e. The molecular formula is C5H12N4O. The molecule has 1 saturated heterocycles. The molecule has 0 unspecified atom stereocenters. The van der Waals surface area contributed by atoms with Crippen molar-refractivity contribution in [2.75, 3.05) is 26.4 Å². The first-order valence-corrected chi connectivity index (χ1v) is 3.23. The van der Waals surface area contributed by atoms with Gasteiger partial charge in [0, 0.05) is 13.1 Å². The lowest BCUT2D eigenvalue weighted by molar-refractivity contribution is 0.194. The standard InChI is InChI=1S/C5H12N4O/c6-3-8-1-2-9(4-7)5(8)10/h1-4,6-7H2. The summed E-state index contributed by atoms with van der Waals surface area (Å²) in [5, 5.41) is 0. The number of carbonyl (C=O) groups excluding carboxylic acids is 1. The zero-order valence-corrected chi connectivity index (χ0v) is 5.79. The minimum Gasteiger partial charge on any atom is -0.314 e. The summed E-state index contributed by atoms with van der Waals surface area (Å²) < 4.78 is 0. The van der Waals surface area contributed by atoms with Gasteiger partial charge in [-0.1, -0.05) is 0 Å². The SMILES string of the molecule is NCN1CCN(CN)C1=O. The summed E-state index contributed by atoms with van der Waals surface area (Å²) in [5.74, 6) is 0. The average Bonchev–Trinajstić information content (AvgIpc) is 2.30. The van der Waals surface area contributed by atoms with Gasteiger partial charge in [-0.05, 0) is 0 Å². The Morgan fingerprint density at radius 2 is 1.60 bits per heavy atom. The smallest absolute Gasteiger partial charge is 0.314 e. The first-order chi connectivity index (χ1) is 4.79. The quantitative estimate of drug-likeness (QED) is 0.498. The molecule has 0 radical (unpaired) electrons. The van der Waals surface area contributed by atoms with E-state index in [-0.39, 0.29) is 19.4 Å². The third-order valence-corrected chi connectivity index (χ3v) is 1.62. The van der Waals surface area contributed by atoms with Gasteiger partial charge in [-0.2, -0.15) is 0 Å². The minimum absolute atomic E-state index is 0.0509. The number of hydrogen-bond acceptors (Lipinski definition) is 3. The highest BCUT2D eigenvalue weighted by Gasteiger charge is 2.25. The number of carbonyl (C=O) groups is 1. The van der Waals surface area contributed by atoms with E-state index in [1.807, 2.05) is 0 Å². The lowest BCUT2D eigenvalue weighted by atomic mass is 10.6. The van der Waals surface area contributed by atoms with Crippen molar-refractivity contribution in [1.29, 1.82) is 0 Å². The van der Waals surface area contributed by atoms with Crippen LogP contribution in [0.15, 0.2) is 0 Å². The van der Waals surface area contributed by atoms with Gasteiger partial charge < -0.3 is 21.3 Å². The second-order valence-corrected chi connectivity index (χ2v) is 2.17. The van der Waals surface area contributed by atoms with Crippen LogP contribution >= 0.6 is 0 Å². The van der Waals surface area contributed by atoms with E-state index in [1.54, 1.807) is 9.80 Å². The van der Waals surface area contributed by atoms with Gasteiger partial charge in [0.05, 0.1) is 13.3 Å². The maximum absolute atomic E-state index is 11.1. The van der Waals surface area contributed by atoms with Crippen molar-refractivity contribution in [2.24, 2.45) is 11.5 Å². The van der Waals surface area contributed by atoms with Gasteiger partial charge in [0.2, 0.25) is 0 Å². The Bertz CT molecular complexity index is 124. The van der Waals surface area contributed by atoms with Crippen molar-refractivity contribution in [1.82, 2.24) is 9.80 Å². The first kappa shape index (κ1) is 7.30. The molecule has 0 saturated carbocycles. The van der Waals surface area contributed by atoms with Crippen molar-refractivity contribution in [2.45, 2.75) is 0 Å². The Morgan fingerprint density at radius 3 is 1.80 bits per heavy atom. The fourth-order valence-corrected chi connectivity index (χ4v) is 0.971. The van der Waals surface area contributed by atoms with Crippen LogP contribution in [0.4, 0.5) is 4.79 Å². The topological polar surface area (TPSA) is 75.6 Å². The highest BCUT2D eigenvalue weighted by molar-refractivity contribution is 5.76. The van der Waals surface area contributed by atoms with Crippen molar-refractivity contribution < 1.29 is 4.79 Å². The second-order valence-electron chi connectivity index (χ2n) is 2.17. The Balaban J connectivity index is 2.49. The van der Waals surface area contributed by atoms with Gasteiger partial charge in [-0.15, -0.1) is 0 Å². The van der Waals surface area contributed by atoms with Gasteiger partial charge in [-0.3, -0.25) is 0 Å². The fourth-order valence-electron chi connectivity index (χ4n) is 0.971. The van der Waals surface area contributed by atoms with Gasteiger partial charge >= 0.3 is 6.03 Å². The maximum Gasteiger partial charge on any atom is 0.322 e. The molecule has 10 heavy (non-hydrogen) atoms. The monoisotopic (exact) mass is 144 g/mol. The summed E-state index contributed by atoms with van der Waals surface area (Å²) in [5.41, 5.74) is 10.6. The Morgan fingerprint density at radius 1 is 1.20 bits per heavy atom. The van der Waals surface area contributed by atoms with E-state index in [0.717, 1.165) is 0 Å². The summed E-state index contributed by atoms with van der Waals surface area (Å²) in [6, 6.07) is -0.0509. The molecule has 0 aromatic carbocycles. The highest BCUT2D eigenvalue weighted by Crippen LogP contribution is 2.03.